The van der Waals surface area contributed by atoms with E-state index in [9.17, 15) is 4.79 Å². The molecule has 5 heteroatoms. The molecule has 0 saturated carbocycles. The Bertz CT molecular complexity index is 383. The van der Waals surface area contributed by atoms with Crippen LogP contribution in [-0.2, 0) is 0 Å². The summed E-state index contributed by atoms with van der Waals surface area (Å²) in [5.74, 6) is 0.686. The van der Waals surface area contributed by atoms with Crippen LogP contribution in [0.4, 0.5) is 0 Å². The number of hydrogen-bond donors (Lipinski definition) is 2. The molecule has 1 amide bonds. The van der Waals surface area contributed by atoms with Crippen LogP contribution in [0.1, 0.15) is 35.7 Å². The summed E-state index contributed by atoms with van der Waals surface area (Å²) in [4.78, 5) is 15.6. The lowest BCUT2D eigenvalue weighted by atomic mass is 10.0. The first-order valence-corrected chi connectivity index (χ1v) is 5.10. The lowest BCUT2D eigenvalue weighted by Crippen LogP contribution is -2.35. The molecule has 0 aromatic carbocycles. The van der Waals surface area contributed by atoms with E-state index >= 15 is 0 Å². The molecule has 0 radical (unpaired) electrons. The van der Waals surface area contributed by atoms with Crippen molar-refractivity contribution in [1.82, 2.24) is 20.5 Å². The Morgan fingerprint density at radius 1 is 1.60 bits per heavy atom. The van der Waals surface area contributed by atoms with E-state index in [1.54, 1.807) is 6.92 Å². The topological polar surface area (TPSA) is 70.7 Å². The smallest absolute Gasteiger partial charge is 0.291 e. The van der Waals surface area contributed by atoms with Crippen molar-refractivity contribution in [3.05, 3.63) is 23.8 Å². The number of hydrogen-bond acceptors (Lipinski definition) is 3. The Hall–Kier alpha value is -1.65. The van der Waals surface area contributed by atoms with E-state index in [1.165, 1.54) is 0 Å². The van der Waals surface area contributed by atoms with Crippen molar-refractivity contribution in [2.24, 2.45) is 0 Å². The molecule has 80 valence electrons. The lowest BCUT2D eigenvalue weighted by Gasteiger charge is -2.18. The summed E-state index contributed by atoms with van der Waals surface area (Å²) >= 11 is 0. The first-order valence-electron chi connectivity index (χ1n) is 5.10. The van der Waals surface area contributed by atoms with E-state index in [4.69, 9.17) is 0 Å². The van der Waals surface area contributed by atoms with Crippen LogP contribution in [0.3, 0.4) is 0 Å². The van der Waals surface area contributed by atoms with E-state index in [-0.39, 0.29) is 17.8 Å². The van der Waals surface area contributed by atoms with Gasteiger partial charge in [0.25, 0.3) is 5.91 Å². The van der Waals surface area contributed by atoms with Gasteiger partial charge in [-0.05, 0) is 26.2 Å². The number of rotatable bonds is 2. The second-order valence-corrected chi connectivity index (χ2v) is 3.70. The SMILES string of the molecule is Cc1nc(C(=O)NC2CC=CCC2)n[nH]1. The Labute approximate surface area is 88.0 Å². The van der Waals surface area contributed by atoms with Crippen molar-refractivity contribution in [3.63, 3.8) is 0 Å². The normalized spacial score (nSPS) is 20.2. The molecule has 1 heterocycles. The van der Waals surface area contributed by atoms with Crippen LogP contribution in [0.15, 0.2) is 12.2 Å². The van der Waals surface area contributed by atoms with Crippen molar-refractivity contribution in [2.75, 3.05) is 0 Å². The van der Waals surface area contributed by atoms with Gasteiger partial charge in [-0.1, -0.05) is 12.2 Å². The molecule has 1 aromatic rings. The number of nitrogens with one attached hydrogen (secondary N) is 2. The molecule has 5 nitrogen and oxygen atoms in total. The van der Waals surface area contributed by atoms with Crippen molar-refractivity contribution in [3.8, 4) is 0 Å². The zero-order valence-electron chi connectivity index (χ0n) is 8.66. The Morgan fingerprint density at radius 3 is 3.07 bits per heavy atom. The number of aryl methyl sites for hydroxylation is 1. The third-order valence-corrected chi connectivity index (χ3v) is 2.40. The van der Waals surface area contributed by atoms with Crippen LogP contribution >= 0.6 is 0 Å². The first-order chi connectivity index (χ1) is 7.25. The fourth-order valence-corrected chi connectivity index (χ4v) is 1.62. The summed E-state index contributed by atoms with van der Waals surface area (Å²) in [6, 6.07) is 0.223. The molecule has 0 bridgehead atoms. The fraction of sp³-hybridized carbons (Fsp3) is 0.500. The summed E-state index contributed by atoms with van der Waals surface area (Å²) in [6.45, 7) is 1.77. The fourth-order valence-electron chi connectivity index (χ4n) is 1.62. The summed E-state index contributed by atoms with van der Waals surface area (Å²) < 4.78 is 0. The van der Waals surface area contributed by atoms with E-state index < -0.39 is 0 Å². The predicted octanol–water partition coefficient (Wildman–Crippen LogP) is 0.952. The minimum Gasteiger partial charge on any atom is -0.346 e. The van der Waals surface area contributed by atoms with Gasteiger partial charge in [-0.25, -0.2) is 4.98 Å². The summed E-state index contributed by atoms with van der Waals surface area (Å²) in [5.41, 5.74) is 0. The highest BCUT2D eigenvalue weighted by atomic mass is 16.2. The Morgan fingerprint density at radius 2 is 2.47 bits per heavy atom. The van der Waals surface area contributed by atoms with Crippen LogP contribution in [-0.4, -0.2) is 27.1 Å². The Balaban J connectivity index is 1.94. The molecule has 0 saturated heterocycles. The average molecular weight is 206 g/mol. The number of carbonyl (C=O) groups excluding carboxylic acids is 1. The van der Waals surface area contributed by atoms with Crippen LogP contribution < -0.4 is 5.32 Å². The first kappa shape index (κ1) is 9.89. The van der Waals surface area contributed by atoms with E-state index in [0.717, 1.165) is 19.3 Å². The molecule has 1 unspecified atom stereocenters. The van der Waals surface area contributed by atoms with Crippen molar-refractivity contribution >= 4 is 5.91 Å². The molecule has 2 rings (SSSR count). The van der Waals surface area contributed by atoms with Crippen LogP contribution in [0, 0.1) is 6.92 Å². The standard InChI is InChI=1S/C10H14N4O/c1-7-11-9(14-13-7)10(15)12-8-5-3-2-4-6-8/h2-3,8H,4-6H2,1H3,(H,12,15)(H,11,13,14). The highest BCUT2D eigenvalue weighted by Gasteiger charge is 2.16. The molecular weight excluding hydrogens is 192 g/mol. The highest BCUT2D eigenvalue weighted by Crippen LogP contribution is 2.10. The van der Waals surface area contributed by atoms with Crippen LogP contribution in [0.5, 0.6) is 0 Å². The maximum atomic E-state index is 11.6. The van der Waals surface area contributed by atoms with E-state index in [2.05, 4.69) is 32.7 Å². The number of aromatic amines is 1. The van der Waals surface area contributed by atoms with Gasteiger partial charge in [-0.2, -0.15) is 0 Å². The van der Waals surface area contributed by atoms with Gasteiger partial charge in [-0.15, -0.1) is 5.10 Å². The van der Waals surface area contributed by atoms with Crippen LogP contribution in [0.25, 0.3) is 0 Å². The van der Waals surface area contributed by atoms with E-state index in [0.29, 0.717) is 5.82 Å². The predicted molar refractivity (Wildman–Crippen MR) is 55.4 cm³/mol. The van der Waals surface area contributed by atoms with Crippen molar-refractivity contribution < 1.29 is 4.79 Å². The molecule has 1 aliphatic carbocycles. The number of nitrogens with zero attached hydrogens (tertiary/aromatic N) is 2. The average Bonchev–Trinajstić information content (AvgIpc) is 2.66. The van der Waals surface area contributed by atoms with Gasteiger partial charge in [0.15, 0.2) is 0 Å². The van der Waals surface area contributed by atoms with E-state index in [1.807, 2.05) is 0 Å². The Kier molecular flexibility index (Phi) is 2.80. The van der Waals surface area contributed by atoms with Crippen LogP contribution in [0.2, 0.25) is 0 Å². The quantitative estimate of drug-likeness (QED) is 0.708. The number of amides is 1. The second kappa shape index (κ2) is 4.25. The summed E-state index contributed by atoms with van der Waals surface area (Å²) in [7, 11) is 0. The van der Waals surface area contributed by atoms with Crippen molar-refractivity contribution in [2.45, 2.75) is 32.2 Å². The van der Waals surface area contributed by atoms with Gasteiger partial charge in [0.2, 0.25) is 5.82 Å². The molecule has 2 N–H and O–H groups in total. The van der Waals surface area contributed by atoms with Gasteiger partial charge in [0.1, 0.15) is 5.82 Å². The summed E-state index contributed by atoms with van der Waals surface area (Å²) in [6.07, 6.45) is 7.15. The minimum absolute atomic E-state index is 0.195. The molecular formula is C10H14N4O. The molecule has 0 fully saturated rings. The number of carbonyl (C=O) groups is 1. The number of H-pyrrole nitrogens is 1. The molecule has 0 spiro atoms. The molecule has 1 aliphatic rings. The van der Waals surface area contributed by atoms with Gasteiger partial charge in [0.05, 0.1) is 0 Å². The monoisotopic (exact) mass is 206 g/mol. The zero-order chi connectivity index (χ0) is 10.7. The second-order valence-electron chi connectivity index (χ2n) is 3.70. The van der Waals surface area contributed by atoms with Gasteiger partial charge >= 0.3 is 0 Å². The maximum Gasteiger partial charge on any atom is 0.291 e. The van der Waals surface area contributed by atoms with Crippen molar-refractivity contribution in [1.29, 1.82) is 0 Å². The molecule has 1 atom stereocenters. The maximum absolute atomic E-state index is 11.6. The number of aromatic nitrogens is 3. The third kappa shape index (κ3) is 2.43. The minimum atomic E-state index is -0.195. The molecule has 1 aromatic heterocycles. The lowest BCUT2D eigenvalue weighted by molar-refractivity contribution is 0.0924. The zero-order valence-corrected chi connectivity index (χ0v) is 8.66. The number of allylic oxidation sites excluding steroid dienone is 1. The summed E-state index contributed by atoms with van der Waals surface area (Å²) in [5, 5.41) is 9.38. The largest absolute Gasteiger partial charge is 0.346 e. The highest BCUT2D eigenvalue weighted by molar-refractivity contribution is 5.90. The third-order valence-electron chi connectivity index (χ3n) is 2.40. The van der Waals surface area contributed by atoms with Gasteiger partial charge in [0, 0.05) is 6.04 Å². The molecule has 15 heavy (non-hydrogen) atoms. The van der Waals surface area contributed by atoms with Gasteiger partial charge < -0.3 is 5.32 Å². The molecule has 0 aliphatic heterocycles. The van der Waals surface area contributed by atoms with Gasteiger partial charge in [-0.3, -0.25) is 9.89 Å².